The summed E-state index contributed by atoms with van der Waals surface area (Å²) in [6, 6.07) is 7.82. The predicted molar refractivity (Wildman–Crippen MR) is 121 cm³/mol. The second kappa shape index (κ2) is 8.84. The van der Waals surface area contributed by atoms with Gasteiger partial charge in [-0.1, -0.05) is 43.2 Å². The summed E-state index contributed by atoms with van der Waals surface area (Å²) in [6.07, 6.45) is 6.48. The Hall–Kier alpha value is -2.28. The Balaban J connectivity index is 1.55. The molecule has 1 aromatic heterocycles. The summed E-state index contributed by atoms with van der Waals surface area (Å²) in [6.45, 7) is 6.11. The van der Waals surface area contributed by atoms with Crippen molar-refractivity contribution in [3.63, 3.8) is 0 Å². The number of benzene rings is 1. The third-order valence-electron chi connectivity index (χ3n) is 6.25. The summed E-state index contributed by atoms with van der Waals surface area (Å²) in [5.41, 5.74) is 3.71. The van der Waals surface area contributed by atoms with Crippen LogP contribution in [0.2, 0.25) is 0 Å². The number of carbonyl (C=O) groups excluding carboxylic acids is 2. The number of anilines is 2. The number of rotatable bonds is 4. The lowest BCUT2D eigenvalue weighted by atomic mass is 9.95. The van der Waals surface area contributed by atoms with Gasteiger partial charge in [-0.05, 0) is 45.7 Å². The van der Waals surface area contributed by atoms with Gasteiger partial charge in [0.2, 0.25) is 11.8 Å². The molecule has 30 heavy (non-hydrogen) atoms. The van der Waals surface area contributed by atoms with Crippen LogP contribution >= 0.6 is 11.8 Å². The van der Waals surface area contributed by atoms with Gasteiger partial charge in [-0.3, -0.25) is 9.59 Å². The number of fused-ring (bicyclic) bond motifs is 1. The minimum atomic E-state index is -0.191. The molecule has 2 amide bonds. The first-order chi connectivity index (χ1) is 14.5. The Kier molecular flexibility index (Phi) is 6.18. The number of nitrogens with one attached hydrogen (secondary N) is 1. The average Bonchev–Trinajstić information content (AvgIpc) is 2.93. The lowest BCUT2D eigenvalue weighted by Crippen LogP contribution is -2.40. The molecule has 1 fully saturated rings. The van der Waals surface area contributed by atoms with Gasteiger partial charge < -0.3 is 14.8 Å². The van der Waals surface area contributed by atoms with Crippen molar-refractivity contribution in [3.05, 3.63) is 35.7 Å². The van der Waals surface area contributed by atoms with E-state index in [0.717, 1.165) is 16.5 Å². The summed E-state index contributed by atoms with van der Waals surface area (Å²) < 4.78 is 2.36. The number of aromatic nitrogens is 2. The van der Waals surface area contributed by atoms with Gasteiger partial charge in [-0.25, -0.2) is 4.98 Å². The van der Waals surface area contributed by atoms with Crippen molar-refractivity contribution >= 4 is 35.0 Å². The van der Waals surface area contributed by atoms with E-state index in [1.165, 1.54) is 49.6 Å². The average molecular weight is 427 g/mol. The first-order valence-corrected chi connectivity index (χ1v) is 11.8. The molecule has 4 rings (SSSR count). The quantitative estimate of drug-likeness (QED) is 0.709. The minimum Gasteiger partial charge on any atom is -0.324 e. The van der Waals surface area contributed by atoms with Crippen molar-refractivity contribution in [1.29, 1.82) is 0 Å². The van der Waals surface area contributed by atoms with Gasteiger partial charge in [0.15, 0.2) is 5.16 Å². The Bertz CT molecular complexity index is 949. The second-order valence-electron chi connectivity index (χ2n) is 8.40. The highest BCUT2D eigenvalue weighted by Gasteiger charge is 2.30. The number of amides is 2. The fourth-order valence-corrected chi connectivity index (χ4v) is 5.65. The molecular weight excluding hydrogens is 396 g/mol. The smallest absolute Gasteiger partial charge is 0.237 e. The van der Waals surface area contributed by atoms with Gasteiger partial charge in [0, 0.05) is 24.2 Å². The van der Waals surface area contributed by atoms with E-state index in [0.29, 0.717) is 23.9 Å². The number of carbonyl (C=O) groups is 2. The van der Waals surface area contributed by atoms with Gasteiger partial charge in [0.25, 0.3) is 0 Å². The van der Waals surface area contributed by atoms with E-state index in [1.54, 1.807) is 4.90 Å². The van der Waals surface area contributed by atoms with Crippen LogP contribution in [0.4, 0.5) is 11.4 Å². The summed E-state index contributed by atoms with van der Waals surface area (Å²) in [5, 5.41) is 3.86. The van der Waals surface area contributed by atoms with Crippen molar-refractivity contribution in [2.45, 2.75) is 76.5 Å². The Labute approximate surface area is 182 Å². The molecule has 2 aromatic rings. The molecular formula is C23H30N4O2S. The largest absolute Gasteiger partial charge is 0.324 e. The molecule has 0 spiro atoms. The molecule has 1 aliphatic carbocycles. The maximum atomic E-state index is 13.3. The Morgan fingerprint density at radius 2 is 1.93 bits per heavy atom. The predicted octanol–water partition coefficient (Wildman–Crippen LogP) is 4.86. The normalized spacial score (nSPS) is 19.9. The first kappa shape index (κ1) is 21.0. The van der Waals surface area contributed by atoms with E-state index in [-0.39, 0.29) is 17.9 Å². The van der Waals surface area contributed by atoms with E-state index in [9.17, 15) is 9.59 Å². The minimum absolute atomic E-state index is 0.00458. The molecule has 2 aliphatic rings. The highest BCUT2D eigenvalue weighted by Crippen LogP contribution is 2.35. The summed E-state index contributed by atoms with van der Waals surface area (Å²) in [4.78, 5) is 32.1. The highest BCUT2D eigenvalue weighted by atomic mass is 32.2. The van der Waals surface area contributed by atoms with E-state index >= 15 is 0 Å². The van der Waals surface area contributed by atoms with Crippen LogP contribution in [0.1, 0.15) is 62.9 Å². The van der Waals surface area contributed by atoms with Crippen LogP contribution in [0.3, 0.4) is 0 Å². The van der Waals surface area contributed by atoms with Gasteiger partial charge in [0.1, 0.15) is 0 Å². The van der Waals surface area contributed by atoms with Crippen molar-refractivity contribution < 1.29 is 9.59 Å². The number of nitrogens with zero attached hydrogens (tertiary/aromatic N) is 3. The molecule has 0 unspecified atom stereocenters. The SMILES string of the molecule is Cc1nc(SCC(=O)N2c3ccccc3NC(=O)C[C@H]2C)n(C2CCCCC2)c1C. The lowest BCUT2D eigenvalue weighted by molar-refractivity contribution is -0.117. The summed E-state index contributed by atoms with van der Waals surface area (Å²) in [5.74, 6) is 0.247. The molecule has 7 heteroatoms. The van der Waals surface area contributed by atoms with Crippen LogP contribution in [-0.2, 0) is 9.59 Å². The Morgan fingerprint density at radius 3 is 2.70 bits per heavy atom. The fraction of sp³-hybridized carbons (Fsp3) is 0.522. The topological polar surface area (TPSA) is 67.2 Å². The monoisotopic (exact) mass is 426 g/mol. The standard InChI is InChI=1S/C23H30N4O2S/c1-15-13-21(28)25-19-11-7-8-12-20(19)26(15)22(29)14-30-23-24-16(2)17(3)27(23)18-9-5-4-6-10-18/h7-8,11-12,15,18H,4-6,9-10,13-14H2,1-3H3,(H,25,28)/t15-/m1/s1. The van der Waals surface area contributed by atoms with Crippen LogP contribution in [-0.4, -0.2) is 33.2 Å². The number of aryl methyl sites for hydroxylation is 1. The fourth-order valence-electron chi connectivity index (χ4n) is 4.63. The molecule has 160 valence electrons. The molecule has 2 heterocycles. The van der Waals surface area contributed by atoms with Crippen molar-refractivity contribution in [2.24, 2.45) is 0 Å². The molecule has 1 saturated carbocycles. The maximum absolute atomic E-state index is 13.3. The van der Waals surface area contributed by atoms with Gasteiger partial charge >= 0.3 is 0 Å². The van der Waals surface area contributed by atoms with Gasteiger partial charge in [-0.2, -0.15) is 0 Å². The maximum Gasteiger partial charge on any atom is 0.237 e. The van der Waals surface area contributed by atoms with Crippen molar-refractivity contribution in [2.75, 3.05) is 16.0 Å². The number of hydrogen-bond acceptors (Lipinski definition) is 4. The summed E-state index contributed by atoms with van der Waals surface area (Å²) >= 11 is 1.52. The zero-order valence-corrected chi connectivity index (χ0v) is 18.8. The van der Waals surface area contributed by atoms with Crippen LogP contribution < -0.4 is 10.2 Å². The molecule has 0 bridgehead atoms. The summed E-state index contributed by atoms with van der Waals surface area (Å²) in [7, 11) is 0. The van der Waals surface area contributed by atoms with Crippen molar-refractivity contribution in [1.82, 2.24) is 9.55 Å². The molecule has 1 atom stereocenters. The number of hydrogen-bond donors (Lipinski definition) is 1. The van der Waals surface area contributed by atoms with Crippen LogP contribution in [0.5, 0.6) is 0 Å². The third kappa shape index (κ3) is 4.13. The third-order valence-corrected chi connectivity index (χ3v) is 7.18. The molecule has 6 nitrogen and oxygen atoms in total. The Morgan fingerprint density at radius 1 is 1.20 bits per heavy atom. The van der Waals surface area contributed by atoms with E-state index in [4.69, 9.17) is 4.98 Å². The lowest BCUT2D eigenvalue weighted by Gasteiger charge is -2.28. The molecule has 0 saturated heterocycles. The molecule has 1 aliphatic heterocycles. The molecule has 1 N–H and O–H groups in total. The van der Waals surface area contributed by atoms with Crippen LogP contribution in [0.25, 0.3) is 0 Å². The second-order valence-corrected chi connectivity index (χ2v) is 9.34. The van der Waals surface area contributed by atoms with Gasteiger partial charge in [0.05, 0.1) is 22.8 Å². The van der Waals surface area contributed by atoms with E-state index in [2.05, 4.69) is 16.8 Å². The van der Waals surface area contributed by atoms with Gasteiger partial charge in [-0.15, -0.1) is 0 Å². The number of para-hydroxylation sites is 2. The van der Waals surface area contributed by atoms with Crippen molar-refractivity contribution in [3.8, 4) is 0 Å². The molecule has 1 aromatic carbocycles. The van der Waals surface area contributed by atoms with E-state index < -0.39 is 0 Å². The highest BCUT2D eigenvalue weighted by molar-refractivity contribution is 7.99. The molecule has 0 radical (unpaired) electrons. The zero-order chi connectivity index (χ0) is 21.3. The van der Waals surface area contributed by atoms with Crippen LogP contribution in [0.15, 0.2) is 29.4 Å². The number of thioether (sulfide) groups is 1. The van der Waals surface area contributed by atoms with E-state index in [1.807, 2.05) is 38.1 Å². The van der Waals surface area contributed by atoms with Crippen LogP contribution in [0, 0.1) is 13.8 Å². The zero-order valence-electron chi connectivity index (χ0n) is 18.0. The first-order valence-electron chi connectivity index (χ1n) is 10.8. The number of imidazole rings is 1.